The minimum atomic E-state index is 0.000997. The number of benzene rings is 3. The number of carbonyl (C=O) groups is 2. The van der Waals surface area contributed by atoms with Crippen LogP contribution >= 0.6 is 0 Å². The van der Waals surface area contributed by atoms with E-state index in [4.69, 9.17) is 4.74 Å². The number of anilines is 2. The summed E-state index contributed by atoms with van der Waals surface area (Å²) in [5.41, 5.74) is 2.95. The lowest BCUT2D eigenvalue weighted by Crippen LogP contribution is -2.37. The molecule has 5 rings (SSSR count). The van der Waals surface area contributed by atoms with E-state index in [1.807, 2.05) is 59.5 Å². The van der Waals surface area contributed by atoms with Crippen LogP contribution in [0.15, 0.2) is 54.6 Å². The van der Waals surface area contributed by atoms with Crippen LogP contribution in [0.4, 0.5) is 11.4 Å². The van der Waals surface area contributed by atoms with E-state index >= 15 is 0 Å². The Labute approximate surface area is 194 Å². The van der Waals surface area contributed by atoms with Crippen LogP contribution in [-0.4, -0.2) is 43.5 Å². The molecule has 3 aromatic rings. The number of amides is 2. The van der Waals surface area contributed by atoms with Crippen molar-refractivity contribution < 1.29 is 14.3 Å². The maximum absolute atomic E-state index is 13.4. The first kappa shape index (κ1) is 21.5. The van der Waals surface area contributed by atoms with Gasteiger partial charge in [-0.1, -0.05) is 42.8 Å². The molecule has 2 amide bonds. The van der Waals surface area contributed by atoms with Crippen LogP contribution in [0.2, 0.25) is 0 Å². The number of hydrogen-bond acceptors (Lipinski definition) is 4. The summed E-state index contributed by atoms with van der Waals surface area (Å²) in [6, 6.07) is 17.8. The molecule has 0 spiro atoms. The fourth-order valence-electron chi connectivity index (χ4n) is 5.15. The molecule has 0 aromatic heterocycles. The molecule has 6 heteroatoms. The van der Waals surface area contributed by atoms with Gasteiger partial charge in [-0.2, -0.15) is 0 Å². The lowest BCUT2D eigenvalue weighted by molar-refractivity contribution is -0.106. The van der Waals surface area contributed by atoms with Gasteiger partial charge in [0.05, 0.1) is 24.0 Å². The summed E-state index contributed by atoms with van der Waals surface area (Å²) in [6.45, 7) is 2.37. The van der Waals surface area contributed by atoms with Crippen molar-refractivity contribution in [3.63, 3.8) is 0 Å². The summed E-state index contributed by atoms with van der Waals surface area (Å²) in [5.74, 6) is 0.748. The molecule has 170 valence electrons. The molecule has 3 aromatic carbocycles. The van der Waals surface area contributed by atoms with Gasteiger partial charge in [0, 0.05) is 29.9 Å². The normalized spacial score (nSPS) is 17.8. The van der Waals surface area contributed by atoms with E-state index in [2.05, 4.69) is 5.32 Å². The molecule has 0 saturated carbocycles. The highest BCUT2D eigenvalue weighted by atomic mass is 16.5. The van der Waals surface area contributed by atoms with Gasteiger partial charge in [-0.25, -0.2) is 0 Å². The third-order valence-electron chi connectivity index (χ3n) is 6.86. The smallest absolute Gasteiger partial charge is 0.256 e. The predicted octanol–water partition coefficient (Wildman–Crippen LogP) is 4.63. The lowest BCUT2D eigenvalue weighted by atomic mass is 10.0. The quantitative estimate of drug-likeness (QED) is 0.541. The number of piperidine rings is 1. The van der Waals surface area contributed by atoms with E-state index in [0.29, 0.717) is 23.8 Å². The molecule has 1 saturated heterocycles. The van der Waals surface area contributed by atoms with Crippen LogP contribution in [0, 0.1) is 0 Å². The zero-order valence-corrected chi connectivity index (χ0v) is 18.9. The monoisotopic (exact) mass is 443 g/mol. The van der Waals surface area contributed by atoms with Crippen LogP contribution < -0.4 is 15.0 Å². The first-order valence-electron chi connectivity index (χ1n) is 11.7. The van der Waals surface area contributed by atoms with E-state index < -0.39 is 0 Å². The number of nitrogens with zero attached hydrogens (tertiary/aromatic N) is 2. The summed E-state index contributed by atoms with van der Waals surface area (Å²) in [4.78, 5) is 29.3. The van der Waals surface area contributed by atoms with Crippen molar-refractivity contribution in [1.82, 2.24) is 10.2 Å². The molecule has 2 aliphatic heterocycles. The zero-order valence-electron chi connectivity index (χ0n) is 18.9. The fraction of sp³-hybridized carbons (Fsp3) is 0.333. The standard InChI is InChI=1S/C27H29N3O3/c1-33-25-13-12-23(21-9-2-3-10-22(21)25)30(18-31)24-11-6-7-19-17-29(27(32)26(19)24)16-14-20-8-4-5-15-28-20/h2-3,6-7,9-13,18,20,28H,4-5,8,14-17H2,1H3. The second-order valence-corrected chi connectivity index (χ2v) is 8.78. The molecule has 0 radical (unpaired) electrons. The van der Waals surface area contributed by atoms with E-state index in [1.165, 1.54) is 19.3 Å². The Morgan fingerprint density at radius 2 is 1.91 bits per heavy atom. The van der Waals surface area contributed by atoms with Gasteiger partial charge in [0.2, 0.25) is 6.41 Å². The predicted molar refractivity (Wildman–Crippen MR) is 130 cm³/mol. The molecule has 1 N–H and O–H groups in total. The van der Waals surface area contributed by atoms with Crippen molar-refractivity contribution in [1.29, 1.82) is 0 Å². The number of methoxy groups -OCH3 is 1. The molecular formula is C27H29N3O3. The van der Waals surface area contributed by atoms with Crippen molar-refractivity contribution in [2.24, 2.45) is 0 Å². The maximum atomic E-state index is 13.4. The Hall–Kier alpha value is -3.38. The summed E-state index contributed by atoms with van der Waals surface area (Å²) in [5, 5.41) is 5.38. The highest BCUT2D eigenvalue weighted by molar-refractivity contribution is 6.10. The number of carbonyl (C=O) groups excluding carboxylic acids is 2. The summed E-state index contributed by atoms with van der Waals surface area (Å²) in [7, 11) is 1.64. The van der Waals surface area contributed by atoms with E-state index in [9.17, 15) is 9.59 Å². The molecule has 2 aliphatic rings. The summed E-state index contributed by atoms with van der Waals surface area (Å²) >= 11 is 0. The summed E-state index contributed by atoms with van der Waals surface area (Å²) in [6.07, 6.45) is 5.40. The van der Waals surface area contributed by atoms with Crippen molar-refractivity contribution >= 4 is 34.5 Å². The van der Waals surface area contributed by atoms with Gasteiger partial charge in [0.25, 0.3) is 5.91 Å². The van der Waals surface area contributed by atoms with Crippen molar-refractivity contribution in [2.45, 2.75) is 38.3 Å². The molecule has 1 fully saturated rings. The topological polar surface area (TPSA) is 61.9 Å². The number of nitrogens with one attached hydrogen (secondary N) is 1. The molecule has 1 atom stereocenters. The fourth-order valence-corrected chi connectivity index (χ4v) is 5.15. The lowest BCUT2D eigenvalue weighted by Gasteiger charge is -2.26. The second-order valence-electron chi connectivity index (χ2n) is 8.78. The van der Waals surface area contributed by atoms with Gasteiger partial charge < -0.3 is 15.0 Å². The molecule has 0 aliphatic carbocycles. The highest BCUT2D eigenvalue weighted by Crippen LogP contribution is 2.39. The van der Waals surface area contributed by atoms with E-state index in [-0.39, 0.29) is 5.91 Å². The zero-order chi connectivity index (χ0) is 22.8. The van der Waals surface area contributed by atoms with Gasteiger partial charge in [-0.15, -0.1) is 0 Å². The van der Waals surface area contributed by atoms with Gasteiger partial charge in [-0.05, 0) is 49.6 Å². The second kappa shape index (κ2) is 9.24. The summed E-state index contributed by atoms with van der Waals surface area (Å²) < 4.78 is 5.51. The number of fused-ring (bicyclic) bond motifs is 2. The average Bonchev–Trinajstić information content (AvgIpc) is 3.20. The minimum absolute atomic E-state index is 0.000997. The van der Waals surface area contributed by atoms with Gasteiger partial charge in [0.15, 0.2) is 0 Å². The van der Waals surface area contributed by atoms with E-state index in [0.717, 1.165) is 53.7 Å². The third-order valence-corrected chi connectivity index (χ3v) is 6.86. The van der Waals surface area contributed by atoms with Crippen LogP contribution in [0.5, 0.6) is 5.75 Å². The SMILES string of the molecule is COc1ccc(N(C=O)c2cccc3c2C(=O)N(CCC2CCCCN2)C3)c2ccccc12. The Kier molecular flexibility index (Phi) is 6.01. The number of rotatable bonds is 7. The van der Waals surface area contributed by atoms with Gasteiger partial charge in [-0.3, -0.25) is 14.5 Å². The van der Waals surface area contributed by atoms with Crippen LogP contribution in [0.25, 0.3) is 10.8 Å². The molecule has 33 heavy (non-hydrogen) atoms. The molecule has 1 unspecified atom stereocenters. The van der Waals surface area contributed by atoms with Crippen LogP contribution in [-0.2, 0) is 11.3 Å². The van der Waals surface area contributed by atoms with Crippen LogP contribution in [0.3, 0.4) is 0 Å². The Bertz CT molecular complexity index is 1190. The number of ether oxygens (including phenoxy) is 1. The molecule has 0 bridgehead atoms. The van der Waals surface area contributed by atoms with Crippen LogP contribution in [0.1, 0.15) is 41.6 Å². The maximum Gasteiger partial charge on any atom is 0.256 e. The number of hydrogen-bond donors (Lipinski definition) is 1. The Morgan fingerprint density at radius 1 is 1.06 bits per heavy atom. The average molecular weight is 444 g/mol. The van der Waals surface area contributed by atoms with E-state index in [1.54, 1.807) is 12.0 Å². The molecule has 2 heterocycles. The molecule has 6 nitrogen and oxygen atoms in total. The van der Waals surface area contributed by atoms with Gasteiger partial charge in [0.1, 0.15) is 5.75 Å². The van der Waals surface area contributed by atoms with Gasteiger partial charge >= 0.3 is 0 Å². The third kappa shape index (κ3) is 3.95. The Morgan fingerprint density at radius 3 is 2.67 bits per heavy atom. The molecular weight excluding hydrogens is 414 g/mol. The highest BCUT2D eigenvalue weighted by Gasteiger charge is 2.32. The Balaban J connectivity index is 1.47. The first-order valence-corrected chi connectivity index (χ1v) is 11.7. The minimum Gasteiger partial charge on any atom is -0.496 e. The van der Waals surface area contributed by atoms with Crippen molar-refractivity contribution in [3.8, 4) is 5.75 Å². The van der Waals surface area contributed by atoms with Crippen molar-refractivity contribution in [2.75, 3.05) is 25.1 Å². The largest absolute Gasteiger partial charge is 0.496 e. The first-order chi connectivity index (χ1) is 16.2. The van der Waals surface area contributed by atoms with Crippen molar-refractivity contribution in [3.05, 3.63) is 65.7 Å².